The van der Waals surface area contributed by atoms with E-state index in [4.69, 9.17) is 9.84 Å². The minimum atomic E-state index is -4.70. The molecule has 1 saturated heterocycles. The lowest BCUT2D eigenvalue weighted by molar-refractivity contribution is -0.384. The number of carbonyl (C=O) groups excluding carboxylic acids is 2. The van der Waals surface area contributed by atoms with E-state index in [0.29, 0.717) is 12.1 Å². The fourth-order valence-corrected chi connectivity index (χ4v) is 4.61. The monoisotopic (exact) mass is 525 g/mol. The number of ether oxygens (including phenoxy) is 1. The average molecular weight is 526 g/mol. The maximum absolute atomic E-state index is 12.6. The maximum Gasteiger partial charge on any atom is 0.367 e. The quantitative estimate of drug-likeness (QED) is 0.170. The molecule has 3 rings (SSSR count). The molecule has 0 spiro atoms. The number of carboxylic acid groups (broad SMARTS) is 1. The molecule has 2 aromatic carbocycles. The summed E-state index contributed by atoms with van der Waals surface area (Å²) in [5, 5.41) is 24.2. The van der Waals surface area contributed by atoms with Crippen LogP contribution in [-0.4, -0.2) is 58.0 Å². The first-order valence-corrected chi connectivity index (χ1v) is 12.2. The lowest BCUT2D eigenvalue weighted by Crippen LogP contribution is -2.35. The number of rotatable bonds is 8. The van der Waals surface area contributed by atoms with Gasteiger partial charge in [0.25, 0.3) is 15.8 Å². The van der Waals surface area contributed by atoms with Crippen LogP contribution in [0, 0.1) is 10.1 Å². The standard InChI is InChI=1S/C20H19N3O10S2/c24-18(22-13-5-12(19(25)26)6-16(7-13)35(30,31)32)17-8-15(9-21-17)34-20(27)33-10-11-1-3-14(4-2-11)23(28)29/h1-7,15,17,21H,8-10H2,(H,22,24)(H,25,26)(H,30,31,32)/t15-,17-/m0/s1. The van der Waals surface area contributed by atoms with Crippen molar-refractivity contribution in [3.8, 4) is 0 Å². The zero-order valence-corrected chi connectivity index (χ0v) is 19.4. The molecule has 0 bridgehead atoms. The Bertz CT molecular complexity index is 1260. The molecule has 0 aromatic heterocycles. The molecule has 1 amide bonds. The molecule has 1 aliphatic rings. The number of nitro benzene ring substituents is 1. The third-order valence-electron chi connectivity index (χ3n) is 4.89. The van der Waals surface area contributed by atoms with Crippen molar-refractivity contribution in [1.82, 2.24) is 5.32 Å². The Morgan fingerprint density at radius 2 is 1.89 bits per heavy atom. The molecular formula is C20H19N3O10S2. The topological polar surface area (TPSA) is 202 Å². The van der Waals surface area contributed by atoms with Crippen molar-refractivity contribution in [2.24, 2.45) is 0 Å². The minimum Gasteiger partial charge on any atom is -0.478 e. The van der Waals surface area contributed by atoms with E-state index in [1.54, 1.807) is 0 Å². The summed E-state index contributed by atoms with van der Waals surface area (Å²) in [6, 6.07) is 7.52. The number of carboxylic acids is 1. The van der Waals surface area contributed by atoms with Crippen molar-refractivity contribution in [2.75, 3.05) is 11.9 Å². The van der Waals surface area contributed by atoms with Gasteiger partial charge in [-0.05, 0) is 54.1 Å². The smallest absolute Gasteiger partial charge is 0.367 e. The average Bonchev–Trinajstić information content (AvgIpc) is 3.25. The lowest BCUT2D eigenvalue weighted by atomic mass is 10.1. The summed E-state index contributed by atoms with van der Waals surface area (Å²) >= 11 is 0.872. The number of aromatic carboxylic acids is 1. The Morgan fingerprint density at radius 1 is 1.20 bits per heavy atom. The molecule has 186 valence electrons. The van der Waals surface area contributed by atoms with Crippen LogP contribution in [0.25, 0.3) is 0 Å². The second-order valence-electron chi connectivity index (χ2n) is 7.41. The van der Waals surface area contributed by atoms with Crippen molar-refractivity contribution in [3.05, 3.63) is 63.7 Å². The fourth-order valence-electron chi connectivity index (χ4n) is 3.19. The van der Waals surface area contributed by atoms with Crippen LogP contribution in [0.2, 0.25) is 0 Å². The van der Waals surface area contributed by atoms with E-state index >= 15 is 0 Å². The number of non-ortho nitro benzene ring substituents is 1. The van der Waals surface area contributed by atoms with Crippen LogP contribution in [0.3, 0.4) is 0 Å². The van der Waals surface area contributed by atoms with Crippen LogP contribution in [0.4, 0.5) is 16.2 Å². The van der Waals surface area contributed by atoms with Gasteiger partial charge < -0.3 is 20.5 Å². The van der Waals surface area contributed by atoms with Crippen molar-refractivity contribution in [2.45, 2.75) is 29.2 Å². The van der Waals surface area contributed by atoms with Crippen LogP contribution in [0.1, 0.15) is 22.3 Å². The number of benzene rings is 2. The highest BCUT2D eigenvalue weighted by atomic mass is 32.2. The second kappa shape index (κ2) is 10.8. The minimum absolute atomic E-state index is 0.0795. The molecule has 1 heterocycles. The molecule has 0 radical (unpaired) electrons. The predicted octanol–water partition coefficient (Wildman–Crippen LogP) is 2.28. The lowest BCUT2D eigenvalue weighted by Gasteiger charge is -2.13. The summed E-state index contributed by atoms with van der Waals surface area (Å²) in [4.78, 5) is 45.4. The summed E-state index contributed by atoms with van der Waals surface area (Å²) in [5.74, 6) is -2.04. The molecular weight excluding hydrogens is 506 g/mol. The van der Waals surface area contributed by atoms with Crippen molar-refractivity contribution in [3.63, 3.8) is 0 Å². The van der Waals surface area contributed by atoms with Crippen LogP contribution in [-0.2, 0) is 26.3 Å². The van der Waals surface area contributed by atoms with Gasteiger partial charge in [-0.15, -0.1) is 0 Å². The predicted molar refractivity (Wildman–Crippen MR) is 123 cm³/mol. The van der Waals surface area contributed by atoms with Crippen LogP contribution in [0.5, 0.6) is 0 Å². The second-order valence-corrected chi connectivity index (χ2v) is 10.1. The van der Waals surface area contributed by atoms with Gasteiger partial charge in [-0.1, -0.05) is 0 Å². The first-order valence-electron chi connectivity index (χ1n) is 9.89. The Balaban J connectivity index is 1.53. The van der Waals surface area contributed by atoms with Gasteiger partial charge in [0.15, 0.2) is 0 Å². The van der Waals surface area contributed by atoms with E-state index in [1.165, 1.54) is 24.3 Å². The summed E-state index contributed by atoms with van der Waals surface area (Å²) in [5.41, 5.74) is -0.0964. The highest BCUT2D eigenvalue weighted by Gasteiger charge is 2.32. The van der Waals surface area contributed by atoms with Crippen LogP contribution < -0.4 is 10.6 Å². The molecule has 4 N–H and O–H groups in total. The number of carbonyl (C=O) groups is 3. The van der Waals surface area contributed by atoms with E-state index in [2.05, 4.69) is 10.6 Å². The van der Waals surface area contributed by atoms with Gasteiger partial charge in [0.2, 0.25) is 5.91 Å². The van der Waals surface area contributed by atoms with Crippen molar-refractivity contribution < 1.29 is 42.1 Å². The van der Waals surface area contributed by atoms with Gasteiger partial charge >= 0.3 is 11.3 Å². The molecule has 0 saturated carbocycles. The van der Waals surface area contributed by atoms with E-state index in [9.17, 15) is 37.5 Å². The summed E-state index contributed by atoms with van der Waals surface area (Å²) in [7, 11) is -4.70. The number of hydrogen-bond donors (Lipinski definition) is 4. The van der Waals surface area contributed by atoms with Gasteiger partial charge in [-0.2, -0.15) is 8.42 Å². The number of nitro groups is 1. The Morgan fingerprint density at radius 3 is 2.49 bits per heavy atom. The van der Waals surface area contributed by atoms with Gasteiger partial charge in [0, 0.05) is 29.6 Å². The molecule has 0 unspecified atom stereocenters. The van der Waals surface area contributed by atoms with Gasteiger partial charge in [0.05, 0.1) is 21.4 Å². The zero-order valence-electron chi connectivity index (χ0n) is 17.7. The van der Waals surface area contributed by atoms with E-state index in [1.807, 2.05) is 0 Å². The van der Waals surface area contributed by atoms with Gasteiger partial charge in [0.1, 0.15) is 6.61 Å². The van der Waals surface area contributed by atoms with Gasteiger partial charge in [-0.3, -0.25) is 19.5 Å². The molecule has 15 heteroatoms. The number of hydrogen-bond acceptors (Lipinski definition) is 10. The molecule has 35 heavy (non-hydrogen) atoms. The summed E-state index contributed by atoms with van der Waals surface area (Å²) in [6.45, 7) is 0.213. The highest BCUT2D eigenvalue weighted by Crippen LogP contribution is 2.25. The third kappa shape index (κ3) is 7.22. The SMILES string of the molecule is O=C(OCc1ccc([N+](=O)[O-])cc1)S[C@@H]1CN[C@H](C(=O)Nc2cc(C(=O)O)cc(S(=O)(=O)O)c2)C1. The molecule has 2 aromatic rings. The van der Waals surface area contributed by atoms with E-state index in [-0.39, 0.29) is 29.7 Å². The Labute approximate surface area is 202 Å². The zero-order chi connectivity index (χ0) is 25.8. The molecule has 1 aliphatic heterocycles. The van der Waals surface area contributed by atoms with Crippen LogP contribution >= 0.6 is 11.8 Å². The number of anilines is 1. The molecule has 2 atom stereocenters. The summed E-state index contributed by atoms with van der Waals surface area (Å²) < 4.78 is 37.2. The van der Waals surface area contributed by atoms with Crippen LogP contribution in [0.15, 0.2) is 47.4 Å². The number of nitrogens with zero attached hydrogens (tertiary/aromatic N) is 1. The first-order chi connectivity index (χ1) is 16.4. The Kier molecular flexibility index (Phi) is 8.06. The number of amides is 1. The first kappa shape index (κ1) is 26.1. The molecule has 0 aliphatic carbocycles. The number of nitrogens with one attached hydrogen (secondary N) is 2. The number of thioether (sulfide) groups is 1. The normalized spacial score (nSPS) is 17.5. The van der Waals surface area contributed by atoms with E-state index in [0.717, 1.165) is 30.0 Å². The van der Waals surface area contributed by atoms with Gasteiger partial charge in [-0.25, -0.2) is 9.59 Å². The molecule has 13 nitrogen and oxygen atoms in total. The highest BCUT2D eigenvalue weighted by molar-refractivity contribution is 8.13. The van der Waals surface area contributed by atoms with Crippen molar-refractivity contribution in [1.29, 1.82) is 0 Å². The van der Waals surface area contributed by atoms with Crippen molar-refractivity contribution >= 4 is 50.4 Å². The largest absolute Gasteiger partial charge is 0.478 e. The maximum atomic E-state index is 12.6. The molecule has 1 fully saturated rings. The van der Waals surface area contributed by atoms with E-state index < -0.39 is 48.7 Å². The third-order valence-corrected chi connectivity index (χ3v) is 6.73. The Hall–Kier alpha value is -3.53. The summed E-state index contributed by atoms with van der Waals surface area (Å²) in [6.07, 6.45) is 0.229. The fraction of sp³-hybridized carbons (Fsp3) is 0.250.